The van der Waals surface area contributed by atoms with Crippen LogP contribution in [0, 0.1) is 6.92 Å². The van der Waals surface area contributed by atoms with Gasteiger partial charge < -0.3 is 4.90 Å². The van der Waals surface area contributed by atoms with Gasteiger partial charge in [-0.3, -0.25) is 4.79 Å². The summed E-state index contributed by atoms with van der Waals surface area (Å²) in [6.45, 7) is 3.89. The van der Waals surface area contributed by atoms with E-state index in [0.29, 0.717) is 10.7 Å². The third-order valence-electron chi connectivity index (χ3n) is 2.89. The lowest BCUT2D eigenvalue weighted by atomic mass is 10.1. The van der Waals surface area contributed by atoms with Gasteiger partial charge in [-0.05, 0) is 44.4 Å². The number of hydrogen-bond donors (Lipinski definition) is 0. The molecule has 1 aromatic heterocycles. The van der Waals surface area contributed by atoms with E-state index in [2.05, 4.69) is 18.2 Å². The van der Waals surface area contributed by atoms with Crippen LogP contribution in [0.4, 0.5) is 0 Å². The first kappa shape index (κ1) is 15.3. The molecule has 1 unspecified atom stereocenters. The van der Waals surface area contributed by atoms with Crippen LogP contribution in [0.2, 0.25) is 5.15 Å². The van der Waals surface area contributed by atoms with Crippen LogP contribution in [-0.4, -0.2) is 40.9 Å². The maximum Gasteiger partial charge on any atom is 0.254 e. The molecule has 0 saturated heterocycles. The highest BCUT2D eigenvalue weighted by Crippen LogP contribution is 2.15. The Morgan fingerprint density at radius 2 is 2.22 bits per heavy atom. The first-order chi connectivity index (χ1) is 8.45. The Morgan fingerprint density at radius 3 is 2.78 bits per heavy atom. The Morgan fingerprint density at radius 1 is 1.56 bits per heavy atom. The van der Waals surface area contributed by atoms with Crippen molar-refractivity contribution in [2.24, 2.45) is 0 Å². The first-order valence-electron chi connectivity index (χ1n) is 5.86. The normalized spacial score (nSPS) is 12.3. The van der Waals surface area contributed by atoms with Crippen LogP contribution in [0.3, 0.4) is 0 Å². The van der Waals surface area contributed by atoms with Gasteiger partial charge >= 0.3 is 0 Å². The molecule has 0 aliphatic rings. The minimum Gasteiger partial charge on any atom is -0.339 e. The number of hydrogen-bond acceptors (Lipinski definition) is 3. The van der Waals surface area contributed by atoms with Gasteiger partial charge in [0.2, 0.25) is 0 Å². The number of thioether (sulfide) groups is 1. The number of halogens is 1. The largest absolute Gasteiger partial charge is 0.339 e. The Kier molecular flexibility index (Phi) is 5.96. The van der Waals surface area contributed by atoms with E-state index in [1.165, 1.54) is 0 Å². The van der Waals surface area contributed by atoms with Gasteiger partial charge in [-0.15, -0.1) is 0 Å². The van der Waals surface area contributed by atoms with E-state index in [-0.39, 0.29) is 11.9 Å². The Labute approximate surface area is 118 Å². The number of aryl methyl sites for hydroxylation is 1. The molecule has 100 valence electrons. The molecule has 0 fully saturated rings. The van der Waals surface area contributed by atoms with E-state index < -0.39 is 0 Å². The van der Waals surface area contributed by atoms with E-state index in [0.717, 1.165) is 17.9 Å². The summed E-state index contributed by atoms with van der Waals surface area (Å²) in [7, 11) is 1.83. The molecule has 1 amide bonds. The number of pyridine rings is 1. The molecule has 0 N–H and O–H groups in total. The molecule has 1 heterocycles. The molecular formula is C13H19ClN2OS. The Balaban J connectivity index is 2.79. The SMILES string of the molecule is CSCCC(C)N(C)C(=O)c1cc(C)nc(Cl)c1. The second-order valence-electron chi connectivity index (χ2n) is 4.37. The number of rotatable bonds is 5. The molecule has 1 rings (SSSR count). The molecule has 5 heteroatoms. The molecule has 0 aliphatic heterocycles. The summed E-state index contributed by atoms with van der Waals surface area (Å²) >= 11 is 7.67. The van der Waals surface area contributed by atoms with E-state index in [9.17, 15) is 4.79 Å². The molecule has 0 radical (unpaired) electrons. The second kappa shape index (κ2) is 7.00. The second-order valence-corrected chi connectivity index (χ2v) is 5.74. The summed E-state index contributed by atoms with van der Waals surface area (Å²) in [5.41, 5.74) is 1.36. The molecule has 0 aliphatic carbocycles. The van der Waals surface area contributed by atoms with Crippen molar-refractivity contribution in [2.45, 2.75) is 26.3 Å². The van der Waals surface area contributed by atoms with E-state index >= 15 is 0 Å². The zero-order valence-electron chi connectivity index (χ0n) is 11.2. The maximum atomic E-state index is 12.3. The summed E-state index contributed by atoms with van der Waals surface area (Å²) in [6.07, 6.45) is 3.06. The Bertz CT molecular complexity index is 405. The predicted octanol–water partition coefficient (Wildman–Crippen LogP) is 3.26. The molecular weight excluding hydrogens is 268 g/mol. The van der Waals surface area contributed by atoms with Gasteiger partial charge in [0.1, 0.15) is 5.15 Å². The van der Waals surface area contributed by atoms with Crippen LogP contribution in [0.1, 0.15) is 29.4 Å². The number of amides is 1. The molecule has 18 heavy (non-hydrogen) atoms. The van der Waals surface area contributed by atoms with Crippen LogP contribution < -0.4 is 0 Å². The average molecular weight is 287 g/mol. The average Bonchev–Trinajstić information content (AvgIpc) is 2.32. The van der Waals surface area contributed by atoms with Crippen molar-refractivity contribution >= 4 is 29.3 Å². The number of carbonyl (C=O) groups is 1. The maximum absolute atomic E-state index is 12.3. The van der Waals surface area contributed by atoms with Crippen LogP contribution >= 0.6 is 23.4 Å². The van der Waals surface area contributed by atoms with Gasteiger partial charge in [0.15, 0.2) is 0 Å². The van der Waals surface area contributed by atoms with Gasteiger partial charge in [0.05, 0.1) is 0 Å². The first-order valence-corrected chi connectivity index (χ1v) is 7.63. The van der Waals surface area contributed by atoms with Gasteiger partial charge in [-0.2, -0.15) is 11.8 Å². The fourth-order valence-corrected chi connectivity index (χ4v) is 2.47. The van der Waals surface area contributed by atoms with Crippen molar-refractivity contribution in [1.82, 2.24) is 9.88 Å². The number of nitrogens with zero attached hydrogens (tertiary/aromatic N) is 2. The van der Waals surface area contributed by atoms with Crippen molar-refractivity contribution < 1.29 is 4.79 Å². The Hall–Kier alpha value is -0.740. The summed E-state index contributed by atoms with van der Waals surface area (Å²) < 4.78 is 0. The fourth-order valence-electron chi connectivity index (χ4n) is 1.64. The van der Waals surface area contributed by atoms with E-state index in [1.54, 1.807) is 28.8 Å². The van der Waals surface area contributed by atoms with Crippen LogP contribution in [0.5, 0.6) is 0 Å². The predicted molar refractivity (Wildman–Crippen MR) is 78.5 cm³/mol. The molecule has 1 atom stereocenters. The molecule has 0 saturated carbocycles. The number of aromatic nitrogens is 1. The minimum atomic E-state index is -0.00370. The van der Waals surface area contributed by atoms with Crippen molar-refractivity contribution in [3.8, 4) is 0 Å². The highest BCUT2D eigenvalue weighted by atomic mass is 35.5. The molecule has 0 spiro atoms. The van der Waals surface area contributed by atoms with Gasteiger partial charge in [0.25, 0.3) is 5.91 Å². The standard InChI is InChI=1S/C13H19ClN2OS/c1-9-7-11(8-12(14)15-9)13(17)16(3)10(2)5-6-18-4/h7-8,10H,5-6H2,1-4H3. The summed E-state index contributed by atoms with van der Waals surface area (Å²) in [5.74, 6) is 1.05. The highest BCUT2D eigenvalue weighted by molar-refractivity contribution is 7.98. The van der Waals surface area contributed by atoms with Crippen molar-refractivity contribution in [3.63, 3.8) is 0 Å². The zero-order chi connectivity index (χ0) is 13.7. The smallest absolute Gasteiger partial charge is 0.254 e. The monoisotopic (exact) mass is 286 g/mol. The molecule has 1 aromatic rings. The lowest BCUT2D eigenvalue weighted by molar-refractivity contribution is 0.0741. The third kappa shape index (κ3) is 4.18. The van der Waals surface area contributed by atoms with Gasteiger partial charge in [0, 0.05) is 24.3 Å². The van der Waals surface area contributed by atoms with Crippen LogP contribution in [-0.2, 0) is 0 Å². The van der Waals surface area contributed by atoms with Crippen molar-refractivity contribution in [3.05, 3.63) is 28.5 Å². The summed E-state index contributed by atoms with van der Waals surface area (Å²) in [6, 6.07) is 3.61. The van der Waals surface area contributed by atoms with Gasteiger partial charge in [-0.25, -0.2) is 4.98 Å². The van der Waals surface area contributed by atoms with Gasteiger partial charge in [-0.1, -0.05) is 11.6 Å². The molecule has 0 aromatic carbocycles. The lowest BCUT2D eigenvalue weighted by Gasteiger charge is -2.25. The van der Waals surface area contributed by atoms with E-state index in [1.807, 2.05) is 14.0 Å². The highest BCUT2D eigenvalue weighted by Gasteiger charge is 2.18. The topological polar surface area (TPSA) is 33.2 Å². The quantitative estimate of drug-likeness (QED) is 0.779. The summed E-state index contributed by atoms with van der Waals surface area (Å²) in [4.78, 5) is 18.1. The molecule has 3 nitrogen and oxygen atoms in total. The van der Waals surface area contributed by atoms with Crippen molar-refractivity contribution in [1.29, 1.82) is 0 Å². The lowest BCUT2D eigenvalue weighted by Crippen LogP contribution is -2.35. The summed E-state index contributed by atoms with van der Waals surface area (Å²) in [5, 5.41) is 0.364. The minimum absolute atomic E-state index is 0.00370. The number of carbonyl (C=O) groups excluding carboxylic acids is 1. The zero-order valence-corrected chi connectivity index (χ0v) is 12.8. The third-order valence-corrected chi connectivity index (χ3v) is 3.73. The molecule has 0 bridgehead atoms. The fraction of sp³-hybridized carbons (Fsp3) is 0.538. The van der Waals surface area contributed by atoms with Crippen LogP contribution in [0.25, 0.3) is 0 Å². The van der Waals surface area contributed by atoms with Crippen LogP contribution in [0.15, 0.2) is 12.1 Å². The van der Waals surface area contributed by atoms with E-state index in [4.69, 9.17) is 11.6 Å². The van der Waals surface area contributed by atoms with Crippen molar-refractivity contribution in [2.75, 3.05) is 19.1 Å².